The molecule has 3 heterocycles. The molecule has 3 aliphatic rings. The lowest BCUT2D eigenvalue weighted by molar-refractivity contribution is 0.0758. The van der Waals surface area contributed by atoms with Crippen molar-refractivity contribution >= 4 is 5.91 Å². The second-order valence-electron chi connectivity index (χ2n) is 7.86. The summed E-state index contributed by atoms with van der Waals surface area (Å²) in [6.07, 6.45) is 4.45. The summed E-state index contributed by atoms with van der Waals surface area (Å²) in [6, 6.07) is 7.64. The van der Waals surface area contributed by atoms with E-state index in [-0.39, 0.29) is 5.91 Å². The highest BCUT2D eigenvalue weighted by Gasteiger charge is 2.32. The molecule has 2 aromatic rings. The molecule has 6 nitrogen and oxygen atoms in total. The molecule has 3 fully saturated rings. The first-order chi connectivity index (χ1) is 12.8. The molecular weight excluding hydrogens is 328 g/mol. The molecule has 26 heavy (non-hydrogen) atoms. The maximum absolute atomic E-state index is 13.0. The van der Waals surface area contributed by atoms with Crippen LogP contribution in [0.4, 0.5) is 0 Å². The fraction of sp³-hybridized carbons (Fsp3) is 0.550. The van der Waals surface area contributed by atoms with Gasteiger partial charge in [-0.15, -0.1) is 0 Å². The molecule has 1 N–H and O–H groups in total. The topological polar surface area (TPSA) is 71.3 Å². The number of fused-ring (bicyclic) bond motifs is 1. The van der Waals surface area contributed by atoms with Crippen molar-refractivity contribution in [3.8, 4) is 11.4 Å². The average Bonchev–Trinajstić information content (AvgIpc) is 3.30. The Morgan fingerprint density at radius 1 is 1.12 bits per heavy atom. The molecule has 6 heteroatoms. The molecule has 5 rings (SSSR count). The Bertz CT molecular complexity index is 800. The van der Waals surface area contributed by atoms with Gasteiger partial charge in [0.2, 0.25) is 11.7 Å². The van der Waals surface area contributed by atoms with Crippen molar-refractivity contribution in [3.63, 3.8) is 0 Å². The van der Waals surface area contributed by atoms with Crippen LogP contribution in [0.25, 0.3) is 11.4 Å². The Labute approximate surface area is 153 Å². The Kier molecular flexibility index (Phi) is 4.00. The fourth-order valence-electron chi connectivity index (χ4n) is 4.24. The smallest absolute Gasteiger partial charge is 0.253 e. The maximum Gasteiger partial charge on any atom is 0.253 e. The van der Waals surface area contributed by atoms with Gasteiger partial charge in [-0.1, -0.05) is 17.3 Å². The third-order valence-electron chi connectivity index (χ3n) is 6.04. The van der Waals surface area contributed by atoms with E-state index in [0.29, 0.717) is 17.3 Å². The van der Waals surface area contributed by atoms with Gasteiger partial charge in [0.05, 0.1) is 0 Å². The van der Waals surface area contributed by atoms with Crippen LogP contribution in [0.3, 0.4) is 0 Å². The van der Waals surface area contributed by atoms with Crippen LogP contribution in [0.1, 0.15) is 47.8 Å². The summed E-state index contributed by atoms with van der Waals surface area (Å²) >= 11 is 0. The van der Waals surface area contributed by atoms with Crippen molar-refractivity contribution in [2.45, 2.75) is 31.6 Å². The quantitative estimate of drug-likeness (QED) is 0.920. The number of hydrogen-bond donors (Lipinski definition) is 1. The molecule has 0 radical (unpaired) electrons. The van der Waals surface area contributed by atoms with Crippen LogP contribution in [0.5, 0.6) is 0 Å². The highest BCUT2D eigenvalue weighted by Crippen LogP contribution is 2.39. The minimum atomic E-state index is 0.116. The number of rotatable bonds is 3. The molecule has 0 unspecified atom stereocenters. The van der Waals surface area contributed by atoms with Crippen molar-refractivity contribution in [2.75, 3.05) is 26.2 Å². The number of nitrogens with zero attached hydrogens (tertiary/aromatic N) is 3. The molecule has 1 aliphatic carbocycles. The van der Waals surface area contributed by atoms with E-state index >= 15 is 0 Å². The van der Waals surface area contributed by atoms with Gasteiger partial charge in [0.25, 0.3) is 5.91 Å². The molecule has 1 aromatic heterocycles. The van der Waals surface area contributed by atoms with Crippen molar-refractivity contribution in [1.29, 1.82) is 0 Å². The number of carbonyl (C=O) groups is 1. The van der Waals surface area contributed by atoms with E-state index in [1.165, 1.54) is 0 Å². The third-order valence-corrected chi connectivity index (χ3v) is 6.04. The van der Waals surface area contributed by atoms with Gasteiger partial charge in [-0.05, 0) is 62.7 Å². The number of hydrogen-bond acceptors (Lipinski definition) is 5. The summed E-state index contributed by atoms with van der Waals surface area (Å²) in [5, 5.41) is 7.58. The lowest BCUT2D eigenvalue weighted by Gasteiger charge is -2.21. The maximum atomic E-state index is 13.0. The van der Waals surface area contributed by atoms with Crippen molar-refractivity contribution in [3.05, 3.63) is 35.7 Å². The standard InChI is InChI=1S/C20H24N4O2/c25-20(24-8-6-16-11-21-12-17(16)7-9-24)15-3-1-2-14(10-15)18-22-19(26-23-18)13-4-5-13/h1-3,10,13,16-17,21H,4-9,11-12H2/t16-,17+. The molecule has 2 aliphatic heterocycles. The lowest BCUT2D eigenvalue weighted by atomic mass is 9.92. The second kappa shape index (κ2) is 6.50. The summed E-state index contributed by atoms with van der Waals surface area (Å²) in [4.78, 5) is 19.5. The van der Waals surface area contributed by atoms with E-state index in [0.717, 1.165) is 75.2 Å². The van der Waals surface area contributed by atoms with Crippen LogP contribution in [-0.2, 0) is 0 Å². The van der Waals surface area contributed by atoms with Gasteiger partial charge in [0.1, 0.15) is 0 Å². The zero-order valence-corrected chi connectivity index (χ0v) is 14.9. The van der Waals surface area contributed by atoms with Gasteiger partial charge in [0, 0.05) is 30.1 Å². The van der Waals surface area contributed by atoms with E-state index in [2.05, 4.69) is 15.5 Å². The first-order valence-electron chi connectivity index (χ1n) is 9.72. The zero-order valence-electron chi connectivity index (χ0n) is 14.9. The van der Waals surface area contributed by atoms with Crippen LogP contribution >= 0.6 is 0 Å². The van der Waals surface area contributed by atoms with Crippen LogP contribution in [0, 0.1) is 11.8 Å². The van der Waals surface area contributed by atoms with E-state index in [1.54, 1.807) is 0 Å². The highest BCUT2D eigenvalue weighted by molar-refractivity contribution is 5.95. The molecule has 0 bridgehead atoms. The fourth-order valence-corrected chi connectivity index (χ4v) is 4.24. The largest absolute Gasteiger partial charge is 0.339 e. The molecule has 0 spiro atoms. The summed E-state index contributed by atoms with van der Waals surface area (Å²) in [5.41, 5.74) is 1.56. The van der Waals surface area contributed by atoms with Gasteiger partial charge in [-0.3, -0.25) is 4.79 Å². The normalized spacial score (nSPS) is 25.8. The number of nitrogens with one attached hydrogen (secondary N) is 1. The molecule has 1 amide bonds. The Balaban J connectivity index is 1.33. The molecular formula is C20H24N4O2. The zero-order chi connectivity index (χ0) is 17.5. The predicted octanol–water partition coefficient (Wildman–Crippen LogP) is 2.69. The summed E-state index contributed by atoms with van der Waals surface area (Å²) in [7, 11) is 0. The van der Waals surface area contributed by atoms with Gasteiger partial charge < -0.3 is 14.7 Å². The highest BCUT2D eigenvalue weighted by atomic mass is 16.5. The van der Waals surface area contributed by atoms with Crippen molar-refractivity contribution < 1.29 is 9.32 Å². The monoisotopic (exact) mass is 352 g/mol. The predicted molar refractivity (Wildman–Crippen MR) is 96.7 cm³/mol. The van der Waals surface area contributed by atoms with Crippen molar-refractivity contribution in [2.24, 2.45) is 11.8 Å². The Morgan fingerprint density at radius 2 is 1.88 bits per heavy atom. The number of aromatic nitrogens is 2. The number of amides is 1. The third kappa shape index (κ3) is 3.03. The van der Waals surface area contributed by atoms with Crippen LogP contribution in [0.15, 0.2) is 28.8 Å². The molecule has 1 saturated carbocycles. The van der Waals surface area contributed by atoms with Gasteiger partial charge >= 0.3 is 0 Å². The Hall–Kier alpha value is -2.21. The number of carbonyl (C=O) groups excluding carboxylic acids is 1. The summed E-state index contributed by atoms with van der Waals surface area (Å²) in [5.74, 6) is 3.30. The lowest BCUT2D eigenvalue weighted by Crippen LogP contribution is -2.32. The van der Waals surface area contributed by atoms with E-state index < -0.39 is 0 Å². The first kappa shape index (κ1) is 16.0. The van der Waals surface area contributed by atoms with Crippen LogP contribution < -0.4 is 5.32 Å². The van der Waals surface area contributed by atoms with Crippen LogP contribution in [-0.4, -0.2) is 47.1 Å². The average molecular weight is 352 g/mol. The molecule has 1 aromatic carbocycles. The number of benzene rings is 1. The van der Waals surface area contributed by atoms with Crippen molar-refractivity contribution in [1.82, 2.24) is 20.4 Å². The van der Waals surface area contributed by atoms with Crippen LogP contribution in [0.2, 0.25) is 0 Å². The van der Waals surface area contributed by atoms with Gasteiger partial charge in [-0.2, -0.15) is 4.98 Å². The summed E-state index contributed by atoms with van der Waals surface area (Å²) in [6.45, 7) is 3.90. The SMILES string of the molecule is O=C(c1cccc(-c2noc(C3CC3)n2)c1)N1CC[C@@H]2CNC[C@@H]2CC1. The molecule has 2 atom stereocenters. The molecule has 2 saturated heterocycles. The second-order valence-corrected chi connectivity index (χ2v) is 7.86. The van der Waals surface area contributed by atoms with Gasteiger partial charge in [-0.25, -0.2) is 0 Å². The van der Waals surface area contributed by atoms with E-state index in [4.69, 9.17) is 4.52 Å². The Morgan fingerprint density at radius 3 is 2.62 bits per heavy atom. The van der Waals surface area contributed by atoms with Gasteiger partial charge in [0.15, 0.2) is 0 Å². The summed E-state index contributed by atoms with van der Waals surface area (Å²) < 4.78 is 5.36. The minimum Gasteiger partial charge on any atom is -0.339 e. The first-order valence-corrected chi connectivity index (χ1v) is 9.72. The van der Waals surface area contributed by atoms with E-state index in [9.17, 15) is 4.79 Å². The van der Waals surface area contributed by atoms with E-state index in [1.807, 2.05) is 29.2 Å². The molecule has 136 valence electrons. The minimum absolute atomic E-state index is 0.116. The number of likely N-dealkylation sites (tertiary alicyclic amines) is 1.